The largest absolute Gasteiger partial charge is 0.354 e. The molecule has 2 aliphatic rings. The molecule has 0 spiro atoms. The van der Waals surface area contributed by atoms with Gasteiger partial charge in [0.1, 0.15) is 0 Å². The number of hydrogen-bond acceptors (Lipinski definition) is 3. The number of amides is 1. The lowest BCUT2D eigenvalue weighted by Crippen LogP contribution is -2.38. The molecule has 1 fully saturated rings. The minimum Gasteiger partial charge on any atom is -0.354 e. The summed E-state index contributed by atoms with van der Waals surface area (Å²) in [6.45, 7) is 3.87. The van der Waals surface area contributed by atoms with Crippen LogP contribution in [0.25, 0.3) is 0 Å². The first-order valence-corrected chi connectivity index (χ1v) is 8.11. The number of carbonyl (C=O) groups excluding carboxylic acids is 1. The highest BCUT2D eigenvalue weighted by Gasteiger charge is 2.20. The van der Waals surface area contributed by atoms with Crippen LogP contribution in [-0.4, -0.2) is 32.1 Å². The third kappa shape index (κ3) is 3.83. The summed E-state index contributed by atoms with van der Waals surface area (Å²) in [6, 6.07) is 8.79. The molecule has 21 heavy (non-hydrogen) atoms. The minimum absolute atomic E-state index is 0.187. The van der Waals surface area contributed by atoms with Crippen LogP contribution in [0.2, 0.25) is 0 Å². The fraction of sp³-hybridized carbons (Fsp3) is 0.588. The van der Waals surface area contributed by atoms with Crippen LogP contribution in [0.5, 0.6) is 0 Å². The Kier molecular flexibility index (Phi) is 4.88. The number of rotatable bonds is 5. The average molecular weight is 287 g/mol. The van der Waals surface area contributed by atoms with Gasteiger partial charge in [-0.1, -0.05) is 24.3 Å². The molecule has 0 bridgehead atoms. The molecule has 2 unspecified atom stereocenters. The van der Waals surface area contributed by atoms with Crippen molar-refractivity contribution in [3.8, 4) is 0 Å². The van der Waals surface area contributed by atoms with Gasteiger partial charge in [0, 0.05) is 19.0 Å². The van der Waals surface area contributed by atoms with Crippen LogP contribution in [0, 0.1) is 5.92 Å². The SMILES string of the molecule is O=C(CCC1CCNC1)NCC1NCCc2ccccc21. The molecule has 3 rings (SSSR count). The van der Waals surface area contributed by atoms with Gasteiger partial charge in [0.15, 0.2) is 0 Å². The maximum absolute atomic E-state index is 12.0. The van der Waals surface area contributed by atoms with Gasteiger partial charge in [0.25, 0.3) is 0 Å². The molecule has 1 aromatic carbocycles. The van der Waals surface area contributed by atoms with E-state index < -0.39 is 0 Å². The molecule has 1 amide bonds. The van der Waals surface area contributed by atoms with Crippen LogP contribution >= 0.6 is 0 Å². The molecule has 4 heteroatoms. The van der Waals surface area contributed by atoms with Crippen molar-refractivity contribution >= 4 is 5.91 Å². The maximum Gasteiger partial charge on any atom is 0.220 e. The zero-order valence-electron chi connectivity index (χ0n) is 12.5. The van der Waals surface area contributed by atoms with Crippen LogP contribution in [0.1, 0.15) is 36.4 Å². The molecule has 2 atom stereocenters. The predicted octanol–water partition coefficient (Wildman–Crippen LogP) is 1.38. The number of benzene rings is 1. The van der Waals surface area contributed by atoms with E-state index in [2.05, 4.69) is 40.2 Å². The minimum atomic E-state index is 0.187. The molecule has 1 aromatic rings. The van der Waals surface area contributed by atoms with E-state index in [0.29, 0.717) is 18.9 Å². The van der Waals surface area contributed by atoms with Crippen LogP contribution in [0.3, 0.4) is 0 Å². The number of carbonyl (C=O) groups is 1. The van der Waals surface area contributed by atoms with E-state index in [1.807, 2.05) is 0 Å². The van der Waals surface area contributed by atoms with Crippen molar-refractivity contribution in [1.29, 1.82) is 0 Å². The molecule has 0 aromatic heterocycles. The Balaban J connectivity index is 1.45. The standard InChI is InChI=1S/C17H25N3O/c21-17(6-5-13-7-9-18-11-13)20-12-16-15-4-2-1-3-14(15)8-10-19-16/h1-4,13,16,18-19H,5-12H2,(H,20,21). The average Bonchev–Trinajstić information content (AvgIpc) is 3.04. The molecule has 4 nitrogen and oxygen atoms in total. The monoisotopic (exact) mass is 287 g/mol. The van der Waals surface area contributed by atoms with Crippen molar-refractivity contribution in [3.05, 3.63) is 35.4 Å². The maximum atomic E-state index is 12.0. The molecule has 2 aliphatic heterocycles. The summed E-state index contributed by atoms with van der Waals surface area (Å²) in [5.74, 6) is 0.871. The molecule has 1 saturated heterocycles. The number of fused-ring (bicyclic) bond motifs is 1. The Hall–Kier alpha value is -1.39. The smallest absolute Gasteiger partial charge is 0.220 e. The normalized spacial score (nSPS) is 24.6. The van der Waals surface area contributed by atoms with Gasteiger partial charge >= 0.3 is 0 Å². The lowest BCUT2D eigenvalue weighted by Gasteiger charge is -2.27. The second-order valence-corrected chi connectivity index (χ2v) is 6.16. The third-order valence-corrected chi connectivity index (χ3v) is 4.66. The van der Waals surface area contributed by atoms with Crippen LogP contribution in [0.4, 0.5) is 0 Å². The fourth-order valence-corrected chi connectivity index (χ4v) is 3.38. The van der Waals surface area contributed by atoms with Gasteiger partial charge in [-0.15, -0.1) is 0 Å². The summed E-state index contributed by atoms with van der Waals surface area (Å²) < 4.78 is 0. The van der Waals surface area contributed by atoms with Crippen LogP contribution in [0.15, 0.2) is 24.3 Å². The highest BCUT2D eigenvalue weighted by Crippen LogP contribution is 2.22. The van der Waals surface area contributed by atoms with Crippen molar-refractivity contribution in [2.75, 3.05) is 26.2 Å². The molecule has 3 N–H and O–H groups in total. The van der Waals surface area contributed by atoms with E-state index in [-0.39, 0.29) is 11.9 Å². The van der Waals surface area contributed by atoms with Crippen molar-refractivity contribution in [1.82, 2.24) is 16.0 Å². The van der Waals surface area contributed by atoms with Gasteiger partial charge in [-0.3, -0.25) is 4.79 Å². The van der Waals surface area contributed by atoms with Gasteiger partial charge in [0.2, 0.25) is 5.91 Å². The molecule has 0 aliphatic carbocycles. The summed E-state index contributed by atoms with van der Waals surface area (Å²) >= 11 is 0. The number of hydrogen-bond donors (Lipinski definition) is 3. The van der Waals surface area contributed by atoms with Gasteiger partial charge in [-0.25, -0.2) is 0 Å². The quantitative estimate of drug-likeness (QED) is 0.767. The van der Waals surface area contributed by atoms with Crippen molar-refractivity contribution in [2.45, 2.75) is 31.7 Å². The number of nitrogens with one attached hydrogen (secondary N) is 3. The molecule has 2 heterocycles. The summed E-state index contributed by atoms with van der Waals surface area (Å²) in [5, 5.41) is 9.95. The summed E-state index contributed by atoms with van der Waals surface area (Å²) in [7, 11) is 0. The fourth-order valence-electron chi connectivity index (χ4n) is 3.38. The van der Waals surface area contributed by atoms with E-state index in [0.717, 1.165) is 32.5 Å². The van der Waals surface area contributed by atoms with E-state index in [1.54, 1.807) is 0 Å². The lowest BCUT2D eigenvalue weighted by molar-refractivity contribution is -0.121. The first-order chi connectivity index (χ1) is 10.3. The molecular formula is C17H25N3O. The topological polar surface area (TPSA) is 53.2 Å². The highest BCUT2D eigenvalue weighted by molar-refractivity contribution is 5.75. The summed E-state index contributed by atoms with van der Waals surface area (Å²) in [4.78, 5) is 12.0. The van der Waals surface area contributed by atoms with Gasteiger partial charge in [0.05, 0.1) is 0 Å². The molecule has 114 valence electrons. The zero-order valence-corrected chi connectivity index (χ0v) is 12.5. The first kappa shape index (κ1) is 14.5. The Morgan fingerprint density at radius 2 is 2.19 bits per heavy atom. The van der Waals surface area contributed by atoms with Crippen LogP contribution < -0.4 is 16.0 Å². The van der Waals surface area contributed by atoms with Gasteiger partial charge < -0.3 is 16.0 Å². The van der Waals surface area contributed by atoms with Gasteiger partial charge in [-0.05, 0) is 55.9 Å². The Labute approximate surface area is 126 Å². The van der Waals surface area contributed by atoms with Crippen molar-refractivity contribution in [2.24, 2.45) is 5.92 Å². The molecule has 0 radical (unpaired) electrons. The van der Waals surface area contributed by atoms with E-state index in [9.17, 15) is 4.79 Å². The van der Waals surface area contributed by atoms with Crippen molar-refractivity contribution in [3.63, 3.8) is 0 Å². The Morgan fingerprint density at radius 1 is 1.29 bits per heavy atom. The van der Waals surface area contributed by atoms with E-state index >= 15 is 0 Å². The second-order valence-electron chi connectivity index (χ2n) is 6.16. The van der Waals surface area contributed by atoms with Crippen molar-refractivity contribution < 1.29 is 4.79 Å². The third-order valence-electron chi connectivity index (χ3n) is 4.66. The summed E-state index contributed by atoms with van der Waals surface area (Å²) in [6.07, 6.45) is 3.95. The first-order valence-electron chi connectivity index (χ1n) is 8.11. The van der Waals surface area contributed by atoms with Crippen LogP contribution in [-0.2, 0) is 11.2 Å². The highest BCUT2D eigenvalue weighted by atomic mass is 16.1. The zero-order chi connectivity index (χ0) is 14.5. The summed E-state index contributed by atoms with van der Waals surface area (Å²) in [5.41, 5.74) is 2.75. The predicted molar refractivity (Wildman–Crippen MR) is 84.1 cm³/mol. The van der Waals surface area contributed by atoms with E-state index in [4.69, 9.17) is 0 Å². The van der Waals surface area contributed by atoms with E-state index in [1.165, 1.54) is 17.5 Å². The Morgan fingerprint density at radius 3 is 3.05 bits per heavy atom. The van der Waals surface area contributed by atoms with Gasteiger partial charge in [-0.2, -0.15) is 0 Å². The lowest BCUT2D eigenvalue weighted by atomic mass is 9.94. The Bertz CT molecular complexity index is 483. The molecular weight excluding hydrogens is 262 g/mol. The molecule has 0 saturated carbocycles. The second kappa shape index (κ2) is 7.05.